The second-order valence-electron chi connectivity index (χ2n) is 6.18. The maximum atomic E-state index is 12.6. The Bertz CT molecular complexity index is 636. The Hall–Kier alpha value is -2.18. The van der Waals surface area contributed by atoms with E-state index >= 15 is 0 Å². The number of benzene rings is 1. The quantitative estimate of drug-likeness (QED) is 0.918. The van der Waals surface area contributed by atoms with E-state index in [1.807, 2.05) is 0 Å². The average Bonchev–Trinajstić information content (AvgIpc) is 2.53. The van der Waals surface area contributed by atoms with E-state index in [-0.39, 0.29) is 30.0 Å². The standard InChI is InChI=1S/C17H20F2N2O3/c18-17(19)24-13-6-7-14-11(9-13)3-2-8-21(14)16(23)10-12-4-1-5-15(22)20-12/h6-7,9,12,17H,1-5,8,10H2,(H,20,22). The van der Waals surface area contributed by atoms with E-state index in [9.17, 15) is 18.4 Å². The van der Waals surface area contributed by atoms with Crippen LogP contribution in [-0.4, -0.2) is 31.0 Å². The predicted octanol–water partition coefficient (Wildman–Crippen LogP) is 2.63. The first-order valence-electron chi connectivity index (χ1n) is 8.20. The minimum absolute atomic E-state index is 0.00751. The predicted molar refractivity (Wildman–Crippen MR) is 84.1 cm³/mol. The maximum absolute atomic E-state index is 12.6. The molecule has 7 heteroatoms. The molecule has 1 aromatic carbocycles. The molecule has 5 nitrogen and oxygen atoms in total. The van der Waals surface area contributed by atoms with Gasteiger partial charge in [0.2, 0.25) is 11.8 Å². The van der Waals surface area contributed by atoms with Gasteiger partial charge < -0.3 is 15.0 Å². The number of nitrogens with zero attached hydrogens (tertiary/aromatic N) is 1. The number of anilines is 1. The van der Waals surface area contributed by atoms with Gasteiger partial charge >= 0.3 is 6.61 Å². The van der Waals surface area contributed by atoms with Crippen molar-refractivity contribution in [3.05, 3.63) is 23.8 Å². The summed E-state index contributed by atoms with van der Waals surface area (Å²) in [5.41, 5.74) is 1.58. The van der Waals surface area contributed by atoms with Crippen molar-refractivity contribution in [3.63, 3.8) is 0 Å². The van der Waals surface area contributed by atoms with Crippen LogP contribution in [0.2, 0.25) is 0 Å². The molecule has 0 aromatic heterocycles. The van der Waals surface area contributed by atoms with Crippen molar-refractivity contribution < 1.29 is 23.1 Å². The first-order valence-corrected chi connectivity index (χ1v) is 8.20. The number of nitrogens with one attached hydrogen (secondary N) is 1. The normalized spacial score (nSPS) is 20.5. The Morgan fingerprint density at radius 1 is 1.33 bits per heavy atom. The molecular formula is C17H20F2N2O3. The molecule has 2 aliphatic rings. The van der Waals surface area contributed by atoms with Crippen molar-refractivity contribution in [1.82, 2.24) is 5.32 Å². The number of carbonyl (C=O) groups is 2. The number of hydrogen-bond donors (Lipinski definition) is 1. The zero-order chi connectivity index (χ0) is 17.1. The van der Waals surface area contributed by atoms with Gasteiger partial charge in [-0.2, -0.15) is 8.78 Å². The van der Waals surface area contributed by atoms with Gasteiger partial charge in [0, 0.05) is 31.1 Å². The highest BCUT2D eigenvalue weighted by molar-refractivity contribution is 5.95. The summed E-state index contributed by atoms with van der Waals surface area (Å²) in [6, 6.07) is 4.57. The van der Waals surface area contributed by atoms with E-state index in [2.05, 4.69) is 10.1 Å². The fourth-order valence-electron chi connectivity index (χ4n) is 3.36. The lowest BCUT2D eigenvalue weighted by atomic mass is 9.98. The van der Waals surface area contributed by atoms with Crippen LogP contribution in [0.25, 0.3) is 0 Å². The number of halogens is 2. The van der Waals surface area contributed by atoms with Crippen LogP contribution in [0.1, 0.15) is 37.7 Å². The minimum Gasteiger partial charge on any atom is -0.435 e. The smallest absolute Gasteiger partial charge is 0.387 e. The van der Waals surface area contributed by atoms with Crippen LogP contribution in [0.3, 0.4) is 0 Å². The highest BCUT2D eigenvalue weighted by atomic mass is 19.3. The number of amides is 2. The summed E-state index contributed by atoms with van der Waals surface area (Å²) in [5, 5.41) is 2.85. The number of piperidine rings is 1. The van der Waals surface area contributed by atoms with E-state index in [0.717, 1.165) is 36.9 Å². The monoisotopic (exact) mass is 338 g/mol. The lowest BCUT2D eigenvalue weighted by Crippen LogP contribution is -2.44. The van der Waals surface area contributed by atoms with Crippen LogP contribution in [0.4, 0.5) is 14.5 Å². The summed E-state index contributed by atoms with van der Waals surface area (Å²) in [6.07, 6.45) is 3.88. The Morgan fingerprint density at radius 2 is 2.17 bits per heavy atom. The Morgan fingerprint density at radius 3 is 2.92 bits per heavy atom. The molecule has 1 unspecified atom stereocenters. The fraction of sp³-hybridized carbons (Fsp3) is 0.529. The summed E-state index contributed by atoms with van der Waals surface area (Å²) in [5.74, 6) is 0.0511. The SMILES string of the molecule is O=C1CCCC(CC(=O)N2CCCc3cc(OC(F)F)ccc32)N1. The van der Waals surface area contributed by atoms with Crippen LogP contribution >= 0.6 is 0 Å². The average molecular weight is 338 g/mol. The molecule has 0 radical (unpaired) electrons. The van der Waals surface area contributed by atoms with Crippen molar-refractivity contribution in [2.45, 2.75) is 51.2 Å². The third-order valence-corrected chi connectivity index (χ3v) is 4.44. The molecular weight excluding hydrogens is 318 g/mol. The van der Waals surface area contributed by atoms with Gasteiger partial charge in [-0.15, -0.1) is 0 Å². The largest absolute Gasteiger partial charge is 0.435 e. The summed E-state index contributed by atoms with van der Waals surface area (Å²) in [7, 11) is 0. The van der Waals surface area contributed by atoms with Gasteiger partial charge in [-0.3, -0.25) is 9.59 Å². The second-order valence-corrected chi connectivity index (χ2v) is 6.18. The molecule has 3 rings (SSSR count). The lowest BCUT2D eigenvalue weighted by Gasteiger charge is -2.32. The van der Waals surface area contributed by atoms with Gasteiger partial charge in [0.15, 0.2) is 0 Å². The third-order valence-electron chi connectivity index (χ3n) is 4.44. The van der Waals surface area contributed by atoms with E-state index in [1.54, 1.807) is 17.0 Å². The highest BCUT2D eigenvalue weighted by Crippen LogP contribution is 2.32. The van der Waals surface area contributed by atoms with Crippen molar-refractivity contribution >= 4 is 17.5 Å². The van der Waals surface area contributed by atoms with Gasteiger partial charge in [0.05, 0.1) is 0 Å². The molecule has 0 aliphatic carbocycles. The molecule has 2 aliphatic heterocycles. The first kappa shape index (κ1) is 16.7. The molecule has 1 atom stereocenters. The zero-order valence-electron chi connectivity index (χ0n) is 13.3. The summed E-state index contributed by atoms with van der Waals surface area (Å²) in [4.78, 5) is 25.8. The maximum Gasteiger partial charge on any atom is 0.387 e. The number of hydrogen-bond acceptors (Lipinski definition) is 3. The van der Waals surface area contributed by atoms with Crippen molar-refractivity contribution in [2.75, 3.05) is 11.4 Å². The van der Waals surface area contributed by atoms with Crippen LogP contribution in [0.15, 0.2) is 18.2 Å². The highest BCUT2D eigenvalue weighted by Gasteiger charge is 2.27. The summed E-state index contributed by atoms with van der Waals surface area (Å²) < 4.78 is 29.1. The molecule has 2 heterocycles. The van der Waals surface area contributed by atoms with Crippen LogP contribution < -0.4 is 15.0 Å². The Labute approximate surface area is 139 Å². The van der Waals surface area contributed by atoms with E-state index in [0.29, 0.717) is 13.0 Å². The van der Waals surface area contributed by atoms with Gasteiger partial charge in [-0.05, 0) is 49.4 Å². The number of ether oxygens (including phenoxy) is 1. The van der Waals surface area contributed by atoms with Crippen LogP contribution in [0.5, 0.6) is 5.75 Å². The van der Waals surface area contributed by atoms with Crippen molar-refractivity contribution in [2.24, 2.45) is 0 Å². The molecule has 0 bridgehead atoms. The lowest BCUT2D eigenvalue weighted by molar-refractivity contribution is -0.124. The number of fused-ring (bicyclic) bond motifs is 1. The molecule has 130 valence electrons. The number of carbonyl (C=O) groups excluding carboxylic acids is 2. The topological polar surface area (TPSA) is 58.6 Å². The fourth-order valence-corrected chi connectivity index (χ4v) is 3.36. The first-order chi connectivity index (χ1) is 11.5. The number of aryl methyl sites for hydroxylation is 1. The molecule has 1 saturated heterocycles. The van der Waals surface area contributed by atoms with Crippen molar-refractivity contribution in [1.29, 1.82) is 0 Å². The summed E-state index contributed by atoms with van der Waals surface area (Å²) in [6.45, 7) is -2.26. The van der Waals surface area contributed by atoms with E-state index in [1.165, 1.54) is 6.07 Å². The number of rotatable bonds is 4. The minimum atomic E-state index is -2.86. The zero-order valence-corrected chi connectivity index (χ0v) is 13.3. The molecule has 0 spiro atoms. The van der Waals surface area contributed by atoms with Crippen LogP contribution in [0, 0.1) is 0 Å². The van der Waals surface area contributed by atoms with E-state index < -0.39 is 6.61 Å². The Balaban J connectivity index is 1.71. The van der Waals surface area contributed by atoms with Gasteiger partial charge in [0.25, 0.3) is 0 Å². The van der Waals surface area contributed by atoms with Crippen LogP contribution in [-0.2, 0) is 16.0 Å². The van der Waals surface area contributed by atoms with Gasteiger partial charge in [0.1, 0.15) is 5.75 Å². The Kier molecular flexibility index (Phi) is 4.97. The molecule has 1 aromatic rings. The molecule has 24 heavy (non-hydrogen) atoms. The second kappa shape index (κ2) is 7.15. The van der Waals surface area contributed by atoms with Crippen molar-refractivity contribution in [3.8, 4) is 5.75 Å². The van der Waals surface area contributed by atoms with Gasteiger partial charge in [-0.1, -0.05) is 0 Å². The molecule has 1 N–H and O–H groups in total. The summed E-state index contributed by atoms with van der Waals surface area (Å²) >= 11 is 0. The van der Waals surface area contributed by atoms with Gasteiger partial charge in [-0.25, -0.2) is 0 Å². The van der Waals surface area contributed by atoms with E-state index in [4.69, 9.17) is 0 Å². The molecule has 1 fully saturated rings. The number of alkyl halides is 2. The third kappa shape index (κ3) is 3.83. The molecule has 0 saturated carbocycles. The molecule has 2 amide bonds.